The van der Waals surface area contributed by atoms with Gasteiger partial charge in [-0.05, 0) is 46.2 Å². The molecule has 0 saturated heterocycles. The number of hydrogen-bond acceptors (Lipinski definition) is 3. The van der Waals surface area contributed by atoms with Gasteiger partial charge >= 0.3 is 0 Å². The van der Waals surface area contributed by atoms with Crippen LogP contribution in [0, 0.1) is 9.49 Å². The summed E-state index contributed by atoms with van der Waals surface area (Å²) >= 11 is 8.35. The molecule has 1 atom stereocenters. The molecule has 108 valence electrons. The van der Waals surface area contributed by atoms with E-state index in [-0.39, 0.29) is 6.04 Å². The number of rotatable bonds is 5. The zero-order valence-corrected chi connectivity index (χ0v) is 14.5. The van der Waals surface area contributed by atoms with Gasteiger partial charge < -0.3 is 5.73 Å². The molecule has 20 heavy (non-hydrogen) atoms. The summed E-state index contributed by atoms with van der Waals surface area (Å²) in [6, 6.07) is 5.80. The van der Waals surface area contributed by atoms with E-state index in [1.807, 2.05) is 22.9 Å². The average Bonchev–Trinajstić information content (AvgIpc) is 2.79. The highest BCUT2D eigenvalue weighted by Crippen LogP contribution is 2.23. The molecule has 6 heteroatoms. The largest absolute Gasteiger partial charge is 0.324 e. The smallest absolute Gasteiger partial charge is 0.138 e. The van der Waals surface area contributed by atoms with Gasteiger partial charge in [0.2, 0.25) is 0 Å². The van der Waals surface area contributed by atoms with Crippen LogP contribution in [0.25, 0.3) is 0 Å². The predicted molar refractivity (Wildman–Crippen MR) is 89.7 cm³/mol. The zero-order valence-electron chi connectivity index (χ0n) is 11.6. The van der Waals surface area contributed by atoms with Crippen LogP contribution >= 0.6 is 34.2 Å². The van der Waals surface area contributed by atoms with Crippen LogP contribution in [0.1, 0.15) is 31.3 Å². The third kappa shape index (κ3) is 3.93. The summed E-state index contributed by atoms with van der Waals surface area (Å²) < 4.78 is 2.96. The van der Waals surface area contributed by atoms with E-state index in [2.05, 4.69) is 46.5 Å². The lowest BCUT2D eigenvalue weighted by molar-refractivity contribution is 0.459. The van der Waals surface area contributed by atoms with Crippen LogP contribution in [-0.2, 0) is 13.0 Å². The Morgan fingerprint density at radius 1 is 1.40 bits per heavy atom. The van der Waals surface area contributed by atoms with Gasteiger partial charge in [-0.25, -0.2) is 9.67 Å². The van der Waals surface area contributed by atoms with E-state index in [0.29, 0.717) is 12.3 Å². The van der Waals surface area contributed by atoms with Gasteiger partial charge in [0.15, 0.2) is 0 Å². The molecule has 0 amide bonds. The molecule has 0 aliphatic carbocycles. The predicted octanol–water partition coefficient (Wildman–Crippen LogP) is 3.43. The van der Waals surface area contributed by atoms with Crippen molar-refractivity contribution in [2.24, 2.45) is 11.7 Å². The van der Waals surface area contributed by atoms with E-state index >= 15 is 0 Å². The molecule has 0 bridgehead atoms. The van der Waals surface area contributed by atoms with Crippen molar-refractivity contribution in [3.8, 4) is 0 Å². The van der Waals surface area contributed by atoms with Crippen LogP contribution in [0.3, 0.4) is 0 Å². The van der Waals surface area contributed by atoms with Crippen LogP contribution in [-0.4, -0.2) is 14.8 Å². The standard InChI is InChI=1S/C14H18ClIN4/c1-9(2)7-20-14(18-8-19-20)6-13(17)10-3-4-12(16)11(15)5-10/h3-5,8-9,13H,6-7,17H2,1-2H3. The number of aromatic nitrogens is 3. The molecule has 0 spiro atoms. The lowest BCUT2D eigenvalue weighted by atomic mass is 10.0. The Balaban J connectivity index is 2.13. The van der Waals surface area contributed by atoms with Gasteiger partial charge in [0.25, 0.3) is 0 Å². The Labute approximate surface area is 137 Å². The highest BCUT2D eigenvalue weighted by molar-refractivity contribution is 14.1. The molecule has 0 aliphatic rings. The second-order valence-electron chi connectivity index (χ2n) is 5.24. The Kier molecular flexibility index (Phi) is 5.40. The van der Waals surface area contributed by atoms with Crippen molar-refractivity contribution in [2.45, 2.75) is 32.9 Å². The maximum atomic E-state index is 6.26. The molecule has 0 radical (unpaired) electrons. The van der Waals surface area contributed by atoms with E-state index in [4.69, 9.17) is 17.3 Å². The number of hydrogen-bond donors (Lipinski definition) is 1. The minimum Gasteiger partial charge on any atom is -0.324 e. The Bertz CT molecular complexity index is 582. The fourth-order valence-electron chi connectivity index (χ4n) is 2.00. The molecule has 1 unspecified atom stereocenters. The molecule has 0 fully saturated rings. The van der Waals surface area contributed by atoms with Crippen molar-refractivity contribution < 1.29 is 0 Å². The minimum absolute atomic E-state index is 0.125. The molecule has 2 aromatic rings. The molecule has 2 N–H and O–H groups in total. The van der Waals surface area contributed by atoms with Gasteiger partial charge in [-0.3, -0.25) is 0 Å². The number of nitrogens with two attached hydrogens (primary N) is 1. The molecule has 0 saturated carbocycles. The van der Waals surface area contributed by atoms with Crippen LogP contribution in [0.5, 0.6) is 0 Å². The van der Waals surface area contributed by atoms with Crippen LogP contribution in [0.4, 0.5) is 0 Å². The topological polar surface area (TPSA) is 56.7 Å². The van der Waals surface area contributed by atoms with Crippen LogP contribution < -0.4 is 5.73 Å². The van der Waals surface area contributed by atoms with Crippen molar-refractivity contribution >= 4 is 34.2 Å². The lowest BCUT2D eigenvalue weighted by Crippen LogP contribution is -2.18. The normalized spacial score (nSPS) is 12.9. The summed E-state index contributed by atoms with van der Waals surface area (Å²) in [5.74, 6) is 1.44. The third-order valence-corrected chi connectivity index (χ3v) is 4.58. The molecule has 2 rings (SSSR count). The van der Waals surface area contributed by atoms with Gasteiger partial charge in [0.05, 0.1) is 5.02 Å². The molecule has 0 aliphatic heterocycles. The van der Waals surface area contributed by atoms with E-state index in [9.17, 15) is 0 Å². The summed E-state index contributed by atoms with van der Waals surface area (Å²) in [6.07, 6.45) is 2.25. The first-order chi connectivity index (χ1) is 9.47. The first-order valence-electron chi connectivity index (χ1n) is 6.54. The van der Waals surface area contributed by atoms with Gasteiger partial charge in [0, 0.05) is 22.6 Å². The van der Waals surface area contributed by atoms with E-state index < -0.39 is 0 Å². The Morgan fingerprint density at radius 3 is 2.80 bits per heavy atom. The Hall–Kier alpha value is -0.660. The molecule has 1 heterocycles. The first-order valence-corrected chi connectivity index (χ1v) is 8.00. The van der Waals surface area contributed by atoms with Crippen LogP contribution in [0.15, 0.2) is 24.5 Å². The third-order valence-electron chi connectivity index (χ3n) is 3.01. The zero-order chi connectivity index (χ0) is 14.7. The molecule has 4 nitrogen and oxygen atoms in total. The average molecular weight is 405 g/mol. The fourth-order valence-corrected chi connectivity index (χ4v) is 2.53. The summed E-state index contributed by atoms with van der Waals surface area (Å²) in [7, 11) is 0. The van der Waals surface area contributed by atoms with Crippen LogP contribution in [0.2, 0.25) is 5.02 Å². The molecule has 1 aromatic carbocycles. The van der Waals surface area contributed by atoms with Crippen molar-refractivity contribution in [3.63, 3.8) is 0 Å². The monoisotopic (exact) mass is 404 g/mol. The van der Waals surface area contributed by atoms with Gasteiger partial charge in [-0.2, -0.15) is 5.10 Å². The van der Waals surface area contributed by atoms with Gasteiger partial charge in [-0.15, -0.1) is 0 Å². The highest BCUT2D eigenvalue weighted by Gasteiger charge is 2.13. The second kappa shape index (κ2) is 6.87. The van der Waals surface area contributed by atoms with E-state index in [1.54, 1.807) is 6.33 Å². The molecular formula is C14H18ClIN4. The summed E-state index contributed by atoms with van der Waals surface area (Å²) in [4.78, 5) is 4.31. The summed E-state index contributed by atoms with van der Waals surface area (Å²) in [6.45, 7) is 5.17. The van der Waals surface area contributed by atoms with E-state index in [1.165, 1.54) is 0 Å². The quantitative estimate of drug-likeness (QED) is 0.777. The second-order valence-corrected chi connectivity index (χ2v) is 6.81. The van der Waals surface area contributed by atoms with Crippen molar-refractivity contribution in [3.05, 3.63) is 44.5 Å². The maximum Gasteiger partial charge on any atom is 0.138 e. The maximum absolute atomic E-state index is 6.26. The minimum atomic E-state index is -0.125. The van der Waals surface area contributed by atoms with Gasteiger partial charge in [0.1, 0.15) is 12.2 Å². The van der Waals surface area contributed by atoms with E-state index in [0.717, 1.165) is 26.5 Å². The molecule has 1 aromatic heterocycles. The molecular weight excluding hydrogens is 387 g/mol. The van der Waals surface area contributed by atoms with Crippen molar-refractivity contribution in [2.75, 3.05) is 0 Å². The highest BCUT2D eigenvalue weighted by atomic mass is 127. The number of benzene rings is 1. The summed E-state index contributed by atoms with van der Waals surface area (Å²) in [5.41, 5.74) is 7.29. The first kappa shape index (κ1) is 15.7. The Morgan fingerprint density at radius 2 is 2.15 bits per heavy atom. The summed E-state index contributed by atoms with van der Waals surface area (Å²) in [5, 5.41) is 5.00. The van der Waals surface area contributed by atoms with Crippen molar-refractivity contribution in [1.82, 2.24) is 14.8 Å². The number of nitrogens with zero attached hydrogens (tertiary/aromatic N) is 3. The number of halogens is 2. The van der Waals surface area contributed by atoms with Crippen molar-refractivity contribution in [1.29, 1.82) is 0 Å². The lowest BCUT2D eigenvalue weighted by Gasteiger charge is -2.14. The fraction of sp³-hybridized carbons (Fsp3) is 0.429. The SMILES string of the molecule is CC(C)Cn1ncnc1CC(N)c1ccc(I)c(Cl)c1. The van der Waals surface area contributed by atoms with Gasteiger partial charge in [-0.1, -0.05) is 31.5 Å².